The van der Waals surface area contributed by atoms with E-state index in [2.05, 4.69) is 10.2 Å². The first-order chi connectivity index (χ1) is 16.8. The van der Waals surface area contributed by atoms with Crippen LogP contribution in [0.15, 0.2) is 71.6 Å². The topological polar surface area (TPSA) is 73.0 Å². The van der Waals surface area contributed by atoms with E-state index < -0.39 is 10.0 Å². The predicted molar refractivity (Wildman–Crippen MR) is 140 cm³/mol. The Bertz CT molecular complexity index is 1370. The van der Waals surface area contributed by atoms with Crippen LogP contribution in [0.4, 0.5) is 21.9 Å². The van der Waals surface area contributed by atoms with E-state index in [1.165, 1.54) is 4.31 Å². The summed E-state index contributed by atoms with van der Waals surface area (Å²) in [5.74, 6) is 0. The number of rotatable bonds is 4. The van der Waals surface area contributed by atoms with Gasteiger partial charge in [-0.25, -0.2) is 13.2 Å². The maximum absolute atomic E-state index is 13.4. The maximum atomic E-state index is 13.4. The summed E-state index contributed by atoms with van der Waals surface area (Å²) in [7, 11) is -3.63. The minimum absolute atomic E-state index is 0.220. The van der Waals surface area contributed by atoms with Gasteiger partial charge in [0.05, 0.1) is 4.90 Å². The number of urea groups is 1. The van der Waals surface area contributed by atoms with Crippen LogP contribution in [0.2, 0.25) is 5.02 Å². The van der Waals surface area contributed by atoms with Gasteiger partial charge in [0, 0.05) is 54.8 Å². The molecule has 0 atom stereocenters. The lowest BCUT2D eigenvalue weighted by atomic mass is 10.2. The Morgan fingerprint density at radius 2 is 1.69 bits per heavy atom. The molecule has 0 aromatic heterocycles. The Kier molecular flexibility index (Phi) is 6.44. The lowest BCUT2D eigenvalue weighted by Gasteiger charge is -2.35. The summed E-state index contributed by atoms with van der Waals surface area (Å²) in [4.78, 5) is 16.9. The number of hydrogen-bond donors (Lipinski definition) is 1. The largest absolute Gasteiger partial charge is 0.369 e. The van der Waals surface area contributed by atoms with E-state index in [-0.39, 0.29) is 10.9 Å². The highest BCUT2D eigenvalue weighted by molar-refractivity contribution is 7.89. The molecule has 3 aromatic rings. The van der Waals surface area contributed by atoms with Crippen molar-refractivity contribution in [2.24, 2.45) is 0 Å². The van der Waals surface area contributed by atoms with Gasteiger partial charge in [0.25, 0.3) is 0 Å². The number of fused-ring (bicyclic) bond motifs is 1. The molecule has 0 saturated carbocycles. The number of nitrogens with one attached hydrogen (secondary N) is 1. The SMILES string of the molecule is Cc1cccc(NC(=O)N2CCc3cc(S(=O)(=O)N4CCN(c5cccc(Cl)c5)CC4)ccc32)c1. The van der Waals surface area contributed by atoms with E-state index >= 15 is 0 Å². The molecule has 5 rings (SSSR count). The average molecular weight is 511 g/mol. The first-order valence-corrected chi connectivity index (χ1v) is 13.4. The molecule has 2 aliphatic heterocycles. The van der Waals surface area contributed by atoms with Crippen LogP contribution in [-0.2, 0) is 16.4 Å². The first-order valence-electron chi connectivity index (χ1n) is 11.6. The molecule has 2 heterocycles. The Morgan fingerprint density at radius 3 is 2.43 bits per heavy atom. The standard InChI is InChI=1S/C26H27ClN4O3S/c1-19-4-2-6-22(16-19)28-26(32)31-11-10-20-17-24(8-9-25(20)31)35(33,34)30-14-12-29(13-15-30)23-7-3-5-21(27)18-23/h2-9,16-18H,10-15H2,1H3,(H,28,32). The summed E-state index contributed by atoms with van der Waals surface area (Å²) in [6, 6.07) is 20.1. The van der Waals surface area contributed by atoms with Crippen molar-refractivity contribution >= 4 is 44.7 Å². The number of nitrogens with zero attached hydrogens (tertiary/aromatic N) is 3. The third-order valence-electron chi connectivity index (χ3n) is 6.51. The normalized spacial score (nSPS) is 16.3. The van der Waals surface area contributed by atoms with Crippen molar-refractivity contribution < 1.29 is 13.2 Å². The predicted octanol–water partition coefficient (Wildman–Crippen LogP) is 4.75. The molecular formula is C26H27ClN4O3S. The summed E-state index contributed by atoms with van der Waals surface area (Å²) >= 11 is 6.11. The fourth-order valence-corrected chi connectivity index (χ4v) is 6.33. The summed E-state index contributed by atoms with van der Waals surface area (Å²) in [5.41, 5.74) is 4.41. The van der Waals surface area contributed by atoms with E-state index in [0.717, 1.165) is 28.2 Å². The van der Waals surface area contributed by atoms with Gasteiger partial charge in [0.2, 0.25) is 10.0 Å². The summed E-state index contributed by atoms with van der Waals surface area (Å²) in [6.45, 7) is 4.47. The molecule has 182 valence electrons. The molecule has 1 fully saturated rings. The summed E-state index contributed by atoms with van der Waals surface area (Å²) in [6.07, 6.45) is 0.614. The molecule has 1 saturated heterocycles. The number of amides is 2. The fourth-order valence-electron chi connectivity index (χ4n) is 4.67. The molecule has 0 radical (unpaired) electrons. The van der Waals surface area contributed by atoms with Crippen LogP contribution < -0.4 is 15.1 Å². The number of aryl methyl sites for hydroxylation is 1. The molecule has 0 unspecified atom stereocenters. The zero-order chi connectivity index (χ0) is 24.6. The van der Waals surface area contributed by atoms with Gasteiger partial charge in [0.1, 0.15) is 0 Å². The molecular weight excluding hydrogens is 484 g/mol. The van der Waals surface area contributed by atoms with Crippen LogP contribution in [0.3, 0.4) is 0 Å². The van der Waals surface area contributed by atoms with Crippen LogP contribution in [0, 0.1) is 6.92 Å². The van der Waals surface area contributed by atoms with Crippen LogP contribution in [0.5, 0.6) is 0 Å². The third kappa shape index (κ3) is 4.87. The Labute approximate surface area is 211 Å². The molecule has 2 amide bonds. The van der Waals surface area contributed by atoms with Crippen molar-refractivity contribution in [1.29, 1.82) is 0 Å². The Balaban J connectivity index is 1.28. The second kappa shape index (κ2) is 9.53. The molecule has 0 aliphatic carbocycles. The lowest BCUT2D eigenvalue weighted by Crippen LogP contribution is -2.48. The van der Waals surface area contributed by atoms with Gasteiger partial charge < -0.3 is 10.2 Å². The number of carbonyl (C=O) groups is 1. The molecule has 2 aliphatic rings. The third-order valence-corrected chi connectivity index (χ3v) is 8.64. The van der Waals surface area contributed by atoms with E-state index in [0.29, 0.717) is 44.2 Å². The van der Waals surface area contributed by atoms with E-state index in [4.69, 9.17) is 11.6 Å². The number of benzene rings is 3. The Morgan fingerprint density at radius 1 is 0.914 bits per heavy atom. The van der Waals surface area contributed by atoms with Gasteiger partial charge in [0.15, 0.2) is 0 Å². The number of hydrogen-bond acceptors (Lipinski definition) is 4. The number of anilines is 3. The number of halogens is 1. The number of carbonyl (C=O) groups excluding carboxylic acids is 1. The summed E-state index contributed by atoms with van der Waals surface area (Å²) in [5, 5.41) is 3.59. The van der Waals surface area contributed by atoms with E-state index in [9.17, 15) is 13.2 Å². The zero-order valence-corrected chi connectivity index (χ0v) is 21.0. The minimum Gasteiger partial charge on any atom is -0.369 e. The van der Waals surface area contributed by atoms with Gasteiger partial charge in [-0.15, -0.1) is 0 Å². The highest BCUT2D eigenvalue weighted by Gasteiger charge is 2.31. The van der Waals surface area contributed by atoms with Crippen molar-refractivity contribution in [3.05, 3.63) is 82.9 Å². The second-order valence-electron chi connectivity index (χ2n) is 8.86. The zero-order valence-electron chi connectivity index (χ0n) is 19.4. The number of sulfonamides is 1. The van der Waals surface area contributed by atoms with Gasteiger partial charge in [-0.3, -0.25) is 4.90 Å². The molecule has 35 heavy (non-hydrogen) atoms. The number of piperazine rings is 1. The molecule has 3 aromatic carbocycles. The highest BCUT2D eigenvalue weighted by Crippen LogP contribution is 2.32. The van der Waals surface area contributed by atoms with Gasteiger partial charge in [-0.1, -0.05) is 29.8 Å². The van der Waals surface area contributed by atoms with Crippen LogP contribution in [0.1, 0.15) is 11.1 Å². The molecule has 9 heteroatoms. The maximum Gasteiger partial charge on any atom is 0.326 e. The van der Waals surface area contributed by atoms with Gasteiger partial charge >= 0.3 is 6.03 Å². The van der Waals surface area contributed by atoms with E-state index in [1.807, 2.05) is 55.5 Å². The first kappa shape index (κ1) is 23.7. The quantitative estimate of drug-likeness (QED) is 0.549. The Hall–Kier alpha value is -3.07. The average Bonchev–Trinajstić information content (AvgIpc) is 3.28. The van der Waals surface area contributed by atoms with Crippen molar-refractivity contribution in [3.63, 3.8) is 0 Å². The fraction of sp³-hybridized carbons (Fsp3) is 0.269. The van der Waals surface area contributed by atoms with Gasteiger partial charge in [-0.05, 0) is 73.0 Å². The summed E-state index contributed by atoms with van der Waals surface area (Å²) < 4.78 is 28.3. The molecule has 0 bridgehead atoms. The van der Waals surface area contributed by atoms with Crippen molar-refractivity contribution in [2.45, 2.75) is 18.2 Å². The molecule has 7 nitrogen and oxygen atoms in total. The smallest absolute Gasteiger partial charge is 0.326 e. The second-order valence-corrected chi connectivity index (χ2v) is 11.2. The van der Waals surface area contributed by atoms with Crippen molar-refractivity contribution in [2.75, 3.05) is 47.8 Å². The monoisotopic (exact) mass is 510 g/mol. The van der Waals surface area contributed by atoms with Crippen LogP contribution >= 0.6 is 11.6 Å². The minimum atomic E-state index is -3.63. The van der Waals surface area contributed by atoms with Crippen molar-refractivity contribution in [1.82, 2.24) is 4.31 Å². The molecule has 0 spiro atoms. The molecule has 1 N–H and O–H groups in total. The van der Waals surface area contributed by atoms with Crippen LogP contribution in [-0.4, -0.2) is 51.5 Å². The van der Waals surface area contributed by atoms with Crippen LogP contribution in [0.25, 0.3) is 0 Å². The van der Waals surface area contributed by atoms with E-state index in [1.54, 1.807) is 23.1 Å². The lowest BCUT2D eigenvalue weighted by molar-refractivity contribution is 0.257. The van der Waals surface area contributed by atoms with Gasteiger partial charge in [-0.2, -0.15) is 4.31 Å². The highest BCUT2D eigenvalue weighted by atomic mass is 35.5. The van der Waals surface area contributed by atoms with Crippen molar-refractivity contribution in [3.8, 4) is 0 Å².